The predicted molar refractivity (Wildman–Crippen MR) is 245 cm³/mol. The Kier molecular flexibility index (Phi) is 41.3. The van der Waals surface area contributed by atoms with E-state index in [9.17, 15) is 24.1 Å². The lowest BCUT2D eigenvalue weighted by molar-refractivity contribution is -0.881. The van der Waals surface area contributed by atoms with Crippen molar-refractivity contribution in [1.82, 2.24) is 5.32 Å². The molecule has 344 valence electrons. The fourth-order valence-electron chi connectivity index (χ4n) is 7.69. The second kappa shape index (κ2) is 42.3. The van der Waals surface area contributed by atoms with Gasteiger partial charge in [0.25, 0.3) is 5.91 Å². The number of hydrogen-bond donors (Lipinski definition) is 1. The summed E-state index contributed by atoms with van der Waals surface area (Å²) in [6.07, 6.45) is 37.7. The Bertz CT molecular complexity index is 924. The first kappa shape index (κ1) is 56.6. The third-order valence-electron chi connectivity index (χ3n) is 11.4. The van der Waals surface area contributed by atoms with E-state index in [1.54, 1.807) is 0 Å². The van der Waals surface area contributed by atoms with Gasteiger partial charge in [-0.25, -0.2) is 0 Å². The number of nitrogens with one attached hydrogen (secondary N) is 1. The van der Waals surface area contributed by atoms with E-state index in [1.807, 2.05) is 0 Å². The quantitative estimate of drug-likeness (QED) is 0.0212. The molecule has 0 aliphatic carbocycles. The lowest BCUT2D eigenvalue weighted by Crippen LogP contribution is -2.45. The molecule has 0 aromatic carbocycles. The SMILES string of the molecule is CCCCCCCCCOC(=O)CCCCCCC[N+]([O-])(CCCCCCCC(=O)OC(CCCCCCCC)CCCCCCCC)CCCNC(=O)C[S+](C)[O-]. The maximum Gasteiger partial charge on any atom is 0.306 e. The molecule has 1 N–H and O–H groups in total. The molecule has 2 unspecified atom stereocenters. The highest BCUT2D eigenvalue weighted by Crippen LogP contribution is 2.19. The van der Waals surface area contributed by atoms with Gasteiger partial charge in [-0.3, -0.25) is 14.4 Å². The molecule has 0 saturated heterocycles. The second-order valence-electron chi connectivity index (χ2n) is 17.3. The summed E-state index contributed by atoms with van der Waals surface area (Å²) in [5.41, 5.74) is 0. The van der Waals surface area contributed by atoms with Gasteiger partial charge in [0.2, 0.25) is 0 Å². The van der Waals surface area contributed by atoms with Gasteiger partial charge in [-0.05, 0) is 81.8 Å². The fraction of sp³-hybridized carbons (Fsp3) is 0.938. The number of carbonyl (C=O) groups is 3. The van der Waals surface area contributed by atoms with Gasteiger partial charge in [0.05, 0.1) is 32.5 Å². The molecule has 0 aromatic rings. The molecule has 0 aromatic heterocycles. The summed E-state index contributed by atoms with van der Waals surface area (Å²) in [5.74, 6) is -0.384. The highest BCUT2D eigenvalue weighted by molar-refractivity contribution is 7.91. The minimum Gasteiger partial charge on any atom is -0.633 e. The summed E-state index contributed by atoms with van der Waals surface area (Å²) in [4.78, 5) is 36.9. The minimum absolute atomic E-state index is 0.00895. The van der Waals surface area contributed by atoms with Crippen LogP contribution >= 0.6 is 0 Å². The maximum atomic E-state index is 13.9. The van der Waals surface area contributed by atoms with Crippen molar-refractivity contribution in [3.05, 3.63) is 5.21 Å². The summed E-state index contributed by atoms with van der Waals surface area (Å²) >= 11 is -1.18. The number of carbonyl (C=O) groups excluding carboxylic acids is 3. The average molecular weight is 843 g/mol. The highest BCUT2D eigenvalue weighted by Gasteiger charge is 2.18. The van der Waals surface area contributed by atoms with Gasteiger partial charge >= 0.3 is 11.9 Å². The molecule has 0 heterocycles. The van der Waals surface area contributed by atoms with Crippen LogP contribution in [0.2, 0.25) is 0 Å². The molecule has 0 rings (SSSR count). The molecule has 0 bridgehead atoms. The third-order valence-corrected chi connectivity index (χ3v) is 12.0. The van der Waals surface area contributed by atoms with E-state index in [0.29, 0.717) is 52.0 Å². The summed E-state index contributed by atoms with van der Waals surface area (Å²) < 4.78 is 22.6. The zero-order valence-electron chi connectivity index (χ0n) is 38.6. The molecular formula is C48H94N2O7S. The number of amides is 1. The lowest BCUT2D eigenvalue weighted by Gasteiger charge is -2.43. The van der Waals surface area contributed by atoms with Crippen molar-refractivity contribution >= 4 is 29.0 Å². The summed E-state index contributed by atoms with van der Waals surface area (Å²) in [6, 6.07) is 0. The van der Waals surface area contributed by atoms with Crippen LogP contribution in [-0.4, -0.2) is 77.9 Å². The van der Waals surface area contributed by atoms with Gasteiger partial charge in [0.1, 0.15) is 6.10 Å². The van der Waals surface area contributed by atoms with E-state index in [4.69, 9.17) is 9.47 Å². The molecule has 0 aliphatic rings. The number of esters is 2. The molecule has 9 nitrogen and oxygen atoms in total. The predicted octanol–water partition coefficient (Wildman–Crippen LogP) is 12.6. The Balaban J connectivity index is 4.52. The molecule has 0 spiro atoms. The first-order chi connectivity index (χ1) is 28.2. The van der Waals surface area contributed by atoms with Crippen molar-refractivity contribution < 1.29 is 33.1 Å². The van der Waals surface area contributed by atoms with E-state index < -0.39 is 11.2 Å². The normalized spacial score (nSPS) is 13.1. The Morgan fingerprint density at radius 2 is 0.931 bits per heavy atom. The van der Waals surface area contributed by atoms with Gasteiger partial charge in [-0.2, -0.15) is 0 Å². The van der Waals surface area contributed by atoms with Crippen molar-refractivity contribution in [2.24, 2.45) is 0 Å². The van der Waals surface area contributed by atoms with Crippen LogP contribution in [0.15, 0.2) is 0 Å². The topological polar surface area (TPSA) is 128 Å². The van der Waals surface area contributed by atoms with E-state index in [-0.39, 0.29) is 34.3 Å². The van der Waals surface area contributed by atoms with E-state index in [0.717, 1.165) is 103 Å². The zero-order chi connectivity index (χ0) is 42.8. The van der Waals surface area contributed by atoms with Crippen LogP contribution in [0.4, 0.5) is 0 Å². The molecule has 0 fully saturated rings. The number of unbranched alkanes of at least 4 members (excludes halogenated alkanes) is 24. The van der Waals surface area contributed by atoms with Crippen LogP contribution in [-0.2, 0) is 35.0 Å². The van der Waals surface area contributed by atoms with Crippen LogP contribution in [0.5, 0.6) is 0 Å². The second-order valence-corrected chi connectivity index (χ2v) is 18.7. The van der Waals surface area contributed by atoms with E-state index in [2.05, 4.69) is 26.1 Å². The average Bonchev–Trinajstić information content (AvgIpc) is 3.19. The number of hydroxylamine groups is 3. The zero-order valence-corrected chi connectivity index (χ0v) is 39.4. The first-order valence-electron chi connectivity index (χ1n) is 24.6. The molecule has 0 saturated carbocycles. The Morgan fingerprint density at radius 1 is 0.534 bits per heavy atom. The molecule has 10 heteroatoms. The smallest absolute Gasteiger partial charge is 0.306 e. The van der Waals surface area contributed by atoms with Crippen LogP contribution in [0.3, 0.4) is 0 Å². The Morgan fingerprint density at radius 3 is 1.41 bits per heavy atom. The molecule has 58 heavy (non-hydrogen) atoms. The standard InChI is InChI=1S/C48H94N2O7S/c1-5-8-11-14-17-26-33-43-56-47(52)37-29-22-18-24-31-40-50(54,42-34-39-49-46(51)44-58(4)55)41-32-25-19-23-30-38-48(53)57-45(35-27-20-15-12-9-6-2)36-28-21-16-13-10-7-3/h45H,5-44H2,1-4H3,(H,49,51). The van der Waals surface area contributed by atoms with Crippen LogP contribution in [0.1, 0.15) is 239 Å². The Hall–Kier alpha value is -1.36. The summed E-state index contributed by atoms with van der Waals surface area (Å²) in [7, 11) is 0. The number of rotatable bonds is 45. The maximum absolute atomic E-state index is 13.9. The molecular weight excluding hydrogens is 749 g/mol. The summed E-state index contributed by atoms with van der Waals surface area (Å²) in [6.45, 7) is 9.22. The van der Waals surface area contributed by atoms with Crippen LogP contribution in [0.25, 0.3) is 0 Å². The number of quaternary nitrogens is 1. The molecule has 2 atom stereocenters. The van der Waals surface area contributed by atoms with Gasteiger partial charge in [0.15, 0.2) is 5.75 Å². The lowest BCUT2D eigenvalue weighted by atomic mass is 10.0. The monoisotopic (exact) mass is 843 g/mol. The molecule has 0 aliphatic heterocycles. The van der Waals surface area contributed by atoms with Gasteiger partial charge in [-0.15, -0.1) is 0 Å². The van der Waals surface area contributed by atoms with Gasteiger partial charge in [-0.1, -0.05) is 149 Å². The first-order valence-corrected chi connectivity index (χ1v) is 26.4. The van der Waals surface area contributed by atoms with Crippen LogP contribution < -0.4 is 5.32 Å². The van der Waals surface area contributed by atoms with Gasteiger partial charge in [0, 0.05) is 25.8 Å². The highest BCUT2D eigenvalue weighted by atomic mass is 32.2. The Labute approximate surface area is 361 Å². The number of ether oxygens (including phenoxy) is 2. The number of nitrogens with zero attached hydrogens (tertiary/aromatic N) is 1. The minimum atomic E-state index is -1.18. The van der Waals surface area contributed by atoms with Crippen molar-refractivity contribution in [3.8, 4) is 0 Å². The number of hydrogen-bond acceptors (Lipinski definition) is 7. The fourth-order valence-corrected chi connectivity index (χ4v) is 8.17. The largest absolute Gasteiger partial charge is 0.633 e. The summed E-state index contributed by atoms with van der Waals surface area (Å²) in [5, 5.41) is 16.7. The van der Waals surface area contributed by atoms with E-state index >= 15 is 0 Å². The van der Waals surface area contributed by atoms with Crippen molar-refractivity contribution in [1.29, 1.82) is 0 Å². The third kappa shape index (κ3) is 40.1. The van der Waals surface area contributed by atoms with Crippen LogP contribution in [0, 0.1) is 5.21 Å². The van der Waals surface area contributed by atoms with Crippen molar-refractivity contribution in [3.63, 3.8) is 0 Å². The molecule has 0 radical (unpaired) electrons. The molecule has 1 amide bonds. The van der Waals surface area contributed by atoms with Crippen molar-refractivity contribution in [2.75, 3.05) is 44.8 Å². The van der Waals surface area contributed by atoms with Crippen molar-refractivity contribution in [2.45, 2.75) is 245 Å². The van der Waals surface area contributed by atoms with Gasteiger partial charge < -0.3 is 29.2 Å². The van der Waals surface area contributed by atoms with E-state index in [1.165, 1.54) is 103 Å².